The fraction of sp³-hybridized carbons (Fsp3) is 0.250. The largest absolute Gasteiger partial charge is 0.367 e. The van der Waals surface area contributed by atoms with E-state index in [-0.39, 0.29) is 16.9 Å². The molecule has 18 heavy (non-hydrogen) atoms. The third-order valence-corrected chi connectivity index (χ3v) is 2.62. The van der Waals surface area contributed by atoms with Crippen LogP contribution in [-0.4, -0.2) is 27.0 Å². The highest BCUT2D eigenvalue weighted by atomic mass is 16.2. The zero-order valence-electron chi connectivity index (χ0n) is 10.0. The molecule has 0 aromatic carbocycles. The number of aromatic amines is 1. The summed E-state index contributed by atoms with van der Waals surface area (Å²) in [4.78, 5) is 30.0. The van der Waals surface area contributed by atoms with Gasteiger partial charge in [-0.2, -0.15) is 0 Å². The minimum atomic E-state index is -0.369. The zero-order valence-corrected chi connectivity index (χ0v) is 10.0. The lowest BCUT2D eigenvalue weighted by Gasteiger charge is -2.04. The van der Waals surface area contributed by atoms with Crippen LogP contribution in [0.2, 0.25) is 0 Å². The fourth-order valence-electron chi connectivity index (χ4n) is 1.61. The van der Waals surface area contributed by atoms with Gasteiger partial charge in [-0.1, -0.05) is 0 Å². The van der Waals surface area contributed by atoms with Gasteiger partial charge in [0.05, 0.1) is 0 Å². The molecule has 0 atom stereocenters. The summed E-state index contributed by atoms with van der Waals surface area (Å²) in [5, 5.41) is 2.69. The van der Waals surface area contributed by atoms with Crippen LogP contribution in [0.1, 0.15) is 16.2 Å². The van der Waals surface area contributed by atoms with Crippen LogP contribution in [-0.2, 0) is 13.5 Å². The molecule has 2 heterocycles. The molecule has 1 amide bonds. The summed E-state index contributed by atoms with van der Waals surface area (Å²) in [6.07, 6.45) is 7.07. The van der Waals surface area contributed by atoms with E-state index in [1.54, 1.807) is 6.20 Å². The third kappa shape index (κ3) is 2.65. The highest BCUT2D eigenvalue weighted by Gasteiger charge is 2.08. The molecule has 94 valence electrons. The normalized spacial score (nSPS) is 10.3. The van der Waals surface area contributed by atoms with Gasteiger partial charge in [-0.05, 0) is 0 Å². The Kier molecular flexibility index (Phi) is 3.57. The molecule has 0 bridgehead atoms. The lowest BCUT2D eigenvalue weighted by molar-refractivity contribution is 0.0952. The van der Waals surface area contributed by atoms with Gasteiger partial charge in [0.25, 0.3) is 5.91 Å². The van der Waals surface area contributed by atoms with E-state index in [0.29, 0.717) is 13.0 Å². The Hall–Kier alpha value is -2.37. The number of carbonyl (C=O) groups excluding carboxylic acids is 1. The summed E-state index contributed by atoms with van der Waals surface area (Å²) in [6, 6.07) is 1.33. The number of nitrogens with one attached hydrogen (secondary N) is 2. The summed E-state index contributed by atoms with van der Waals surface area (Å²) >= 11 is 0. The van der Waals surface area contributed by atoms with E-state index in [1.807, 2.05) is 17.8 Å². The monoisotopic (exact) mass is 246 g/mol. The van der Waals surface area contributed by atoms with Crippen LogP contribution in [0.15, 0.2) is 35.6 Å². The number of H-pyrrole nitrogens is 1. The third-order valence-electron chi connectivity index (χ3n) is 2.62. The lowest BCUT2D eigenvalue weighted by Crippen LogP contribution is -2.30. The molecule has 0 fully saturated rings. The van der Waals surface area contributed by atoms with Crippen molar-refractivity contribution in [2.24, 2.45) is 7.05 Å². The maximum Gasteiger partial charge on any atom is 0.256 e. The smallest absolute Gasteiger partial charge is 0.256 e. The number of aromatic nitrogens is 3. The second kappa shape index (κ2) is 5.31. The van der Waals surface area contributed by atoms with E-state index in [4.69, 9.17) is 0 Å². The minimum Gasteiger partial charge on any atom is -0.367 e. The molecule has 6 heteroatoms. The number of rotatable bonds is 4. The Morgan fingerprint density at radius 3 is 3.06 bits per heavy atom. The van der Waals surface area contributed by atoms with Crippen LogP contribution in [0.5, 0.6) is 0 Å². The summed E-state index contributed by atoms with van der Waals surface area (Å²) in [5.74, 6) is 0.517. The quantitative estimate of drug-likeness (QED) is 0.801. The Morgan fingerprint density at radius 1 is 1.56 bits per heavy atom. The molecule has 2 aromatic heterocycles. The summed E-state index contributed by atoms with van der Waals surface area (Å²) in [6.45, 7) is 0.442. The summed E-state index contributed by atoms with van der Waals surface area (Å²) in [7, 11) is 1.89. The number of hydrogen-bond donors (Lipinski definition) is 2. The zero-order chi connectivity index (χ0) is 13.0. The average Bonchev–Trinajstić information content (AvgIpc) is 2.75. The molecule has 2 N–H and O–H groups in total. The van der Waals surface area contributed by atoms with Crippen molar-refractivity contribution in [2.75, 3.05) is 6.54 Å². The second-order valence-electron chi connectivity index (χ2n) is 3.88. The van der Waals surface area contributed by atoms with Crippen LogP contribution >= 0.6 is 0 Å². The molecule has 0 spiro atoms. The molecule has 0 aliphatic rings. The number of nitrogens with zero attached hydrogens (tertiary/aromatic N) is 2. The fourth-order valence-corrected chi connectivity index (χ4v) is 1.61. The molecule has 0 unspecified atom stereocenters. The number of hydrogen-bond acceptors (Lipinski definition) is 3. The molecule has 0 saturated carbocycles. The van der Waals surface area contributed by atoms with Gasteiger partial charge in [0, 0.05) is 50.9 Å². The maximum absolute atomic E-state index is 11.7. The summed E-state index contributed by atoms with van der Waals surface area (Å²) < 4.78 is 1.89. The number of carbonyl (C=O) groups is 1. The van der Waals surface area contributed by atoms with E-state index in [2.05, 4.69) is 15.3 Å². The van der Waals surface area contributed by atoms with Gasteiger partial charge in [-0.25, -0.2) is 4.98 Å². The van der Waals surface area contributed by atoms with Crippen LogP contribution in [0.4, 0.5) is 0 Å². The van der Waals surface area contributed by atoms with Crippen LogP contribution in [0, 0.1) is 0 Å². The van der Waals surface area contributed by atoms with Gasteiger partial charge in [-0.3, -0.25) is 9.59 Å². The van der Waals surface area contributed by atoms with Crippen molar-refractivity contribution in [3.63, 3.8) is 0 Å². The molecule has 0 aliphatic heterocycles. The van der Waals surface area contributed by atoms with Gasteiger partial charge in [0.2, 0.25) is 0 Å². The number of imidazole rings is 1. The molecule has 2 aromatic rings. The van der Waals surface area contributed by atoms with Gasteiger partial charge in [0.15, 0.2) is 5.43 Å². The number of aryl methyl sites for hydroxylation is 1. The molecule has 0 saturated heterocycles. The Labute approximate surface area is 104 Å². The Bertz CT molecular complexity index is 600. The first kappa shape index (κ1) is 12.1. The van der Waals surface area contributed by atoms with Gasteiger partial charge in [0.1, 0.15) is 11.4 Å². The van der Waals surface area contributed by atoms with Crippen LogP contribution in [0.25, 0.3) is 0 Å². The van der Waals surface area contributed by atoms with E-state index in [0.717, 1.165) is 5.82 Å². The SMILES string of the molecule is Cn1ccnc1CCNC(=O)c1c[nH]ccc1=O. The standard InChI is InChI=1S/C12H14N4O2/c1-16-7-6-14-11(16)3-5-15-12(18)9-8-13-4-2-10(9)17/h2,4,6-8H,3,5H2,1H3,(H,13,17)(H,15,18). The van der Waals surface area contributed by atoms with Crippen molar-refractivity contribution in [1.29, 1.82) is 0 Å². The predicted octanol–water partition coefficient (Wildman–Crippen LogP) is 0.0809. The van der Waals surface area contributed by atoms with Gasteiger partial charge >= 0.3 is 0 Å². The van der Waals surface area contributed by atoms with Crippen LogP contribution < -0.4 is 10.7 Å². The predicted molar refractivity (Wildman–Crippen MR) is 66.3 cm³/mol. The molecule has 0 radical (unpaired) electrons. The molecule has 2 rings (SSSR count). The van der Waals surface area contributed by atoms with Crippen LogP contribution in [0.3, 0.4) is 0 Å². The number of amides is 1. The van der Waals surface area contributed by atoms with Gasteiger partial charge < -0.3 is 14.9 Å². The molecule has 0 aliphatic carbocycles. The Balaban J connectivity index is 1.92. The second-order valence-corrected chi connectivity index (χ2v) is 3.88. The minimum absolute atomic E-state index is 0.123. The van der Waals surface area contributed by atoms with E-state index in [9.17, 15) is 9.59 Å². The van der Waals surface area contributed by atoms with Crippen molar-refractivity contribution < 1.29 is 4.79 Å². The van der Waals surface area contributed by atoms with Crippen molar-refractivity contribution in [2.45, 2.75) is 6.42 Å². The van der Waals surface area contributed by atoms with Gasteiger partial charge in [-0.15, -0.1) is 0 Å². The van der Waals surface area contributed by atoms with Crippen molar-refractivity contribution in [3.05, 3.63) is 52.5 Å². The van der Waals surface area contributed by atoms with E-state index >= 15 is 0 Å². The molecular weight excluding hydrogens is 232 g/mol. The topological polar surface area (TPSA) is 79.8 Å². The molecule has 6 nitrogen and oxygen atoms in total. The Morgan fingerprint density at radius 2 is 2.39 bits per heavy atom. The van der Waals surface area contributed by atoms with Crippen molar-refractivity contribution in [3.8, 4) is 0 Å². The first-order chi connectivity index (χ1) is 8.68. The summed E-state index contributed by atoms with van der Waals surface area (Å²) in [5.41, 5.74) is -0.166. The van der Waals surface area contributed by atoms with E-state index in [1.165, 1.54) is 18.5 Å². The number of pyridine rings is 1. The first-order valence-corrected chi connectivity index (χ1v) is 5.60. The highest BCUT2D eigenvalue weighted by Crippen LogP contribution is 1.95. The molecular formula is C12H14N4O2. The van der Waals surface area contributed by atoms with E-state index < -0.39 is 0 Å². The van der Waals surface area contributed by atoms with Crippen molar-refractivity contribution >= 4 is 5.91 Å². The maximum atomic E-state index is 11.7. The van der Waals surface area contributed by atoms with Crippen molar-refractivity contribution in [1.82, 2.24) is 19.9 Å². The highest BCUT2D eigenvalue weighted by molar-refractivity contribution is 5.93. The average molecular weight is 246 g/mol. The lowest BCUT2D eigenvalue weighted by atomic mass is 10.2. The first-order valence-electron chi connectivity index (χ1n) is 5.60.